The number of halogens is 2. The van der Waals surface area contributed by atoms with Crippen LogP contribution in [0.25, 0.3) is 0 Å². The van der Waals surface area contributed by atoms with Crippen molar-refractivity contribution in [3.05, 3.63) is 22.2 Å². The van der Waals surface area contributed by atoms with Gasteiger partial charge in [-0.25, -0.2) is 0 Å². The molecule has 17 heavy (non-hydrogen) atoms. The molecule has 0 radical (unpaired) electrons. The fourth-order valence-electron chi connectivity index (χ4n) is 1.55. The molecular formula is C13H18BrClO2. The number of rotatable bonds is 3. The molecule has 0 saturated heterocycles. The highest BCUT2D eigenvalue weighted by Gasteiger charge is 2.27. The van der Waals surface area contributed by atoms with Crippen LogP contribution in [-0.4, -0.2) is 14.2 Å². The van der Waals surface area contributed by atoms with Crippen molar-refractivity contribution in [3.8, 4) is 11.5 Å². The Morgan fingerprint density at radius 1 is 1.12 bits per heavy atom. The lowest BCUT2D eigenvalue weighted by molar-refractivity contribution is 0.364. The van der Waals surface area contributed by atoms with E-state index >= 15 is 0 Å². The van der Waals surface area contributed by atoms with Gasteiger partial charge in [-0.1, -0.05) is 20.8 Å². The molecule has 4 heteroatoms. The normalized spacial score (nSPS) is 13.4. The summed E-state index contributed by atoms with van der Waals surface area (Å²) in [6, 6.07) is 3.81. The Hall–Kier alpha value is -0.410. The van der Waals surface area contributed by atoms with Crippen LogP contribution in [-0.2, 0) is 0 Å². The molecule has 0 saturated carbocycles. The third-order valence-corrected chi connectivity index (χ3v) is 4.05. The molecule has 0 heterocycles. The van der Waals surface area contributed by atoms with Gasteiger partial charge in [-0.05, 0) is 33.5 Å². The third-order valence-electron chi connectivity index (χ3n) is 2.54. The van der Waals surface area contributed by atoms with Crippen molar-refractivity contribution in [1.82, 2.24) is 0 Å². The lowest BCUT2D eigenvalue weighted by Crippen LogP contribution is -2.14. The zero-order chi connectivity index (χ0) is 13.2. The highest BCUT2D eigenvalue weighted by atomic mass is 79.9. The molecular weight excluding hydrogens is 303 g/mol. The van der Waals surface area contributed by atoms with Crippen LogP contribution in [0.5, 0.6) is 11.5 Å². The summed E-state index contributed by atoms with van der Waals surface area (Å²) in [5.41, 5.74) is 0.898. The summed E-state index contributed by atoms with van der Waals surface area (Å²) in [5.74, 6) is 1.53. The second-order valence-corrected chi connectivity index (χ2v) is 6.25. The van der Waals surface area contributed by atoms with Gasteiger partial charge in [0.15, 0.2) is 0 Å². The van der Waals surface area contributed by atoms with Crippen molar-refractivity contribution >= 4 is 27.5 Å². The molecule has 0 aliphatic carbocycles. The van der Waals surface area contributed by atoms with E-state index in [1.807, 2.05) is 12.1 Å². The van der Waals surface area contributed by atoms with E-state index in [9.17, 15) is 0 Å². The number of hydrogen-bond donors (Lipinski definition) is 0. The van der Waals surface area contributed by atoms with E-state index in [4.69, 9.17) is 21.1 Å². The van der Waals surface area contributed by atoms with Crippen molar-refractivity contribution < 1.29 is 9.47 Å². The predicted molar refractivity (Wildman–Crippen MR) is 75.3 cm³/mol. The molecule has 0 N–H and O–H groups in total. The summed E-state index contributed by atoms with van der Waals surface area (Å²) in [6.07, 6.45) is 0. The SMILES string of the molecule is COc1cc(C(Cl)C(C)(C)C)c(OC)cc1Br. The van der Waals surface area contributed by atoms with Gasteiger partial charge in [-0.3, -0.25) is 0 Å². The molecule has 1 aromatic rings. The van der Waals surface area contributed by atoms with Gasteiger partial charge in [0.05, 0.1) is 24.1 Å². The first kappa shape index (κ1) is 14.7. The number of hydrogen-bond acceptors (Lipinski definition) is 2. The molecule has 0 fully saturated rings. The maximum atomic E-state index is 6.50. The molecule has 1 atom stereocenters. The molecule has 1 rings (SSSR count). The Labute approximate surface area is 116 Å². The fraction of sp³-hybridized carbons (Fsp3) is 0.538. The first-order valence-corrected chi connectivity index (χ1v) is 6.59. The van der Waals surface area contributed by atoms with Gasteiger partial charge in [-0.15, -0.1) is 11.6 Å². The summed E-state index contributed by atoms with van der Waals surface area (Å²) < 4.78 is 11.5. The second-order valence-electron chi connectivity index (χ2n) is 4.96. The van der Waals surface area contributed by atoms with Gasteiger partial charge in [0.1, 0.15) is 11.5 Å². The first-order chi connectivity index (χ1) is 7.81. The van der Waals surface area contributed by atoms with Crippen LogP contribution in [0, 0.1) is 5.41 Å². The number of benzene rings is 1. The molecule has 0 aliphatic heterocycles. The Kier molecular flexibility index (Phi) is 4.73. The zero-order valence-electron chi connectivity index (χ0n) is 10.8. The summed E-state index contributed by atoms with van der Waals surface area (Å²) in [6.45, 7) is 6.29. The average Bonchev–Trinajstić information content (AvgIpc) is 2.26. The van der Waals surface area contributed by atoms with E-state index in [2.05, 4.69) is 36.7 Å². The maximum Gasteiger partial charge on any atom is 0.133 e. The molecule has 0 aliphatic rings. The van der Waals surface area contributed by atoms with Crippen LogP contribution in [0.15, 0.2) is 16.6 Å². The Bertz CT molecular complexity index is 399. The molecule has 96 valence electrons. The lowest BCUT2D eigenvalue weighted by Gasteiger charge is -2.27. The van der Waals surface area contributed by atoms with Gasteiger partial charge in [-0.2, -0.15) is 0 Å². The Balaban J connectivity index is 3.30. The maximum absolute atomic E-state index is 6.50. The minimum Gasteiger partial charge on any atom is -0.496 e. The molecule has 1 aromatic carbocycles. The number of methoxy groups -OCH3 is 2. The van der Waals surface area contributed by atoms with E-state index in [0.717, 1.165) is 21.5 Å². The topological polar surface area (TPSA) is 18.5 Å². The number of alkyl halides is 1. The molecule has 0 bridgehead atoms. The minimum absolute atomic E-state index is 0.0479. The highest BCUT2D eigenvalue weighted by Crippen LogP contribution is 2.45. The summed E-state index contributed by atoms with van der Waals surface area (Å²) >= 11 is 9.93. The van der Waals surface area contributed by atoms with Crippen LogP contribution < -0.4 is 9.47 Å². The average molecular weight is 322 g/mol. The zero-order valence-corrected chi connectivity index (χ0v) is 13.1. The van der Waals surface area contributed by atoms with Gasteiger partial charge < -0.3 is 9.47 Å². The highest BCUT2D eigenvalue weighted by molar-refractivity contribution is 9.10. The largest absolute Gasteiger partial charge is 0.496 e. The van der Waals surface area contributed by atoms with Gasteiger partial charge in [0, 0.05) is 5.56 Å². The van der Waals surface area contributed by atoms with Crippen molar-refractivity contribution in [1.29, 1.82) is 0 Å². The fourth-order valence-corrected chi connectivity index (χ4v) is 2.20. The van der Waals surface area contributed by atoms with E-state index in [0.29, 0.717) is 0 Å². The van der Waals surface area contributed by atoms with E-state index in [1.54, 1.807) is 14.2 Å². The standard InChI is InChI=1S/C13H18BrClO2/c1-13(2,3)12(15)8-6-11(17-5)9(14)7-10(8)16-4/h6-7,12H,1-5H3. The molecule has 0 spiro atoms. The third kappa shape index (κ3) is 3.29. The predicted octanol–water partition coefficient (Wildman–Crippen LogP) is 4.79. The van der Waals surface area contributed by atoms with E-state index < -0.39 is 0 Å². The summed E-state index contributed by atoms with van der Waals surface area (Å²) in [7, 11) is 3.28. The molecule has 2 nitrogen and oxygen atoms in total. The first-order valence-electron chi connectivity index (χ1n) is 5.36. The van der Waals surface area contributed by atoms with E-state index in [-0.39, 0.29) is 10.8 Å². The smallest absolute Gasteiger partial charge is 0.133 e. The van der Waals surface area contributed by atoms with Gasteiger partial charge in [0.2, 0.25) is 0 Å². The monoisotopic (exact) mass is 320 g/mol. The summed E-state index contributed by atoms with van der Waals surface area (Å²) in [4.78, 5) is 0. The van der Waals surface area contributed by atoms with Crippen LogP contribution in [0.2, 0.25) is 0 Å². The van der Waals surface area contributed by atoms with Crippen LogP contribution in [0.3, 0.4) is 0 Å². The lowest BCUT2D eigenvalue weighted by atomic mass is 9.87. The van der Waals surface area contributed by atoms with Crippen molar-refractivity contribution in [2.24, 2.45) is 5.41 Å². The van der Waals surface area contributed by atoms with Crippen LogP contribution in [0.4, 0.5) is 0 Å². The minimum atomic E-state index is -0.139. The van der Waals surface area contributed by atoms with Gasteiger partial charge in [0.25, 0.3) is 0 Å². The van der Waals surface area contributed by atoms with Gasteiger partial charge >= 0.3 is 0 Å². The van der Waals surface area contributed by atoms with Crippen molar-refractivity contribution in [2.45, 2.75) is 26.1 Å². The van der Waals surface area contributed by atoms with E-state index in [1.165, 1.54) is 0 Å². The van der Waals surface area contributed by atoms with Crippen LogP contribution in [0.1, 0.15) is 31.7 Å². The second kappa shape index (κ2) is 5.49. The van der Waals surface area contributed by atoms with Crippen LogP contribution >= 0.6 is 27.5 Å². The molecule has 0 amide bonds. The Morgan fingerprint density at radius 3 is 2.06 bits per heavy atom. The quantitative estimate of drug-likeness (QED) is 0.745. The molecule has 0 aromatic heterocycles. The molecule has 1 unspecified atom stereocenters. The van der Waals surface area contributed by atoms with Crippen molar-refractivity contribution in [3.63, 3.8) is 0 Å². The van der Waals surface area contributed by atoms with Crippen molar-refractivity contribution in [2.75, 3.05) is 14.2 Å². The summed E-state index contributed by atoms with van der Waals surface area (Å²) in [5, 5.41) is -0.139. The number of ether oxygens (including phenoxy) is 2. The Morgan fingerprint density at radius 2 is 1.65 bits per heavy atom.